The minimum atomic E-state index is -0.392. The minimum absolute atomic E-state index is 0.154. The van der Waals surface area contributed by atoms with Gasteiger partial charge in [-0.1, -0.05) is 0 Å². The third kappa shape index (κ3) is 3.20. The lowest BCUT2D eigenvalue weighted by atomic mass is 9.82. The Labute approximate surface area is 103 Å². The lowest BCUT2D eigenvalue weighted by molar-refractivity contribution is 0.120. The number of nitrogens with zero attached hydrogens (tertiary/aromatic N) is 2. The van der Waals surface area contributed by atoms with Crippen molar-refractivity contribution in [3.05, 3.63) is 24.0 Å². The summed E-state index contributed by atoms with van der Waals surface area (Å²) in [7, 11) is -0.392. The van der Waals surface area contributed by atoms with Crippen LogP contribution in [-0.2, 0) is 0 Å². The fourth-order valence-corrected chi connectivity index (χ4v) is 2.18. The van der Waals surface area contributed by atoms with Crippen LogP contribution < -0.4 is 4.74 Å². The average Bonchev–Trinajstić information content (AvgIpc) is 2.32. The summed E-state index contributed by atoms with van der Waals surface area (Å²) in [5.41, 5.74) is 0.918. The molecule has 1 N–H and O–H groups in total. The van der Waals surface area contributed by atoms with Crippen LogP contribution in [-0.4, -0.2) is 41.1 Å². The molecule has 1 saturated heterocycles. The Morgan fingerprint density at radius 3 is 3.12 bits per heavy atom. The molecule has 2 heterocycles. The van der Waals surface area contributed by atoms with Crippen molar-refractivity contribution in [2.75, 3.05) is 13.1 Å². The van der Waals surface area contributed by atoms with Crippen molar-refractivity contribution >= 4 is 7.05 Å². The minimum Gasteiger partial charge on any atom is -0.487 e. The SMILES string of the molecule is CB(O)N1CCCC(Oc2cccnc2C)C1. The van der Waals surface area contributed by atoms with E-state index in [-0.39, 0.29) is 6.10 Å². The molecule has 4 nitrogen and oxygen atoms in total. The molecule has 0 amide bonds. The first kappa shape index (κ1) is 12.4. The first-order chi connectivity index (χ1) is 8.16. The van der Waals surface area contributed by atoms with Gasteiger partial charge in [-0.3, -0.25) is 4.98 Å². The van der Waals surface area contributed by atoms with Gasteiger partial charge in [0, 0.05) is 12.7 Å². The lowest BCUT2D eigenvalue weighted by Gasteiger charge is -2.33. The Balaban J connectivity index is 1.97. The van der Waals surface area contributed by atoms with E-state index < -0.39 is 7.05 Å². The van der Waals surface area contributed by atoms with Gasteiger partial charge >= 0.3 is 7.05 Å². The van der Waals surface area contributed by atoms with Gasteiger partial charge in [0.25, 0.3) is 0 Å². The van der Waals surface area contributed by atoms with Crippen LogP contribution in [0.2, 0.25) is 6.82 Å². The van der Waals surface area contributed by atoms with E-state index in [0.29, 0.717) is 0 Å². The number of hydrogen-bond donors (Lipinski definition) is 1. The fraction of sp³-hybridized carbons (Fsp3) is 0.583. The van der Waals surface area contributed by atoms with Crippen LogP contribution in [0.4, 0.5) is 0 Å². The van der Waals surface area contributed by atoms with Gasteiger partial charge in [-0.15, -0.1) is 0 Å². The summed E-state index contributed by atoms with van der Waals surface area (Å²) in [5, 5.41) is 9.57. The van der Waals surface area contributed by atoms with Gasteiger partial charge in [0.2, 0.25) is 0 Å². The van der Waals surface area contributed by atoms with E-state index in [1.807, 2.05) is 23.9 Å². The van der Waals surface area contributed by atoms with Crippen molar-refractivity contribution in [3.63, 3.8) is 0 Å². The maximum atomic E-state index is 9.57. The number of aromatic nitrogens is 1. The predicted octanol–water partition coefficient (Wildman–Crippen LogP) is 1.34. The van der Waals surface area contributed by atoms with Gasteiger partial charge in [-0.05, 0) is 45.3 Å². The summed E-state index contributed by atoms with van der Waals surface area (Å²) >= 11 is 0. The van der Waals surface area contributed by atoms with Crippen molar-refractivity contribution in [3.8, 4) is 5.75 Å². The largest absolute Gasteiger partial charge is 0.487 e. The Morgan fingerprint density at radius 1 is 1.59 bits per heavy atom. The van der Waals surface area contributed by atoms with Crippen molar-refractivity contribution < 1.29 is 9.76 Å². The second-order valence-electron chi connectivity index (χ2n) is 4.60. The van der Waals surface area contributed by atoms with E-state index in [1.54, 1.807) is 13.0 Å². The van der Waals surface area contributed by atoms with Crippen molar-refractivity contribution in [2.24, 2.45) is 0 Å². The quantitative estimate of drug-likeness (QED) is 0.801. The van der Waals surface area contributed by atoms with Crippen LogP contribution in [0.3, 0.4) is 0 Å². The summed E-state index contributed by atoms with van der Waals surface area (Å²) in [6.45, 7) is 5.48. The van der Waals surface area contributed by atoms with Crippen LogP contribution in [0, 0.1) is 6.92 Å². The Hall–Kier alpha value is -1.07. The topological polar surface area (TPSA) is 45.6 Å². The molecule has 0 aliphatic carbocycles. The molecule has 5 heteroatoms. The Bertz CT molecular complexity index is 373. The smallest absolute Gasteiger partial charge is 0.376 e. The number of rotatable bonds is 3. The van der Waals surface area contributed by atoms with E-state index in [2.05, 4.69) is 4.98 Å². The molecule has 0 bridgehead atoms. The van der Waals surface area contributed by atoms with Gasteiger partial charge in [-0.2, -0.15) is 0 Å². The molecule has 1 aliphatic heterocycles. The maximum absolute atomic E-state index is 9.57. The molecule has 0 spiro atoms. The lowest BCUT2D eigenvalue weighted by Crippen LogP contribution is -2.47. The third-order valence-electron chi connectivity index (χ3n) is 3.19. The van der Waals surface area contributed by atoms with E-state index in [0.717, 1.165) is 37.4 Å². The normalized spacial score (nSPS) is 21.2. The number of hydrogen-bond acceptors (Lipinski definition) is 4. The van der Waals surface area contributed by atoms with Crippen LogP contribution >= 0.6 is 0 Å². The first-order valence-corrected chi connectivity index (χ1v) is 6.17. The summed E-state index contributed by atoms with van der Waals surface area (Å²) in [5.74, 6) is 0.852. The summed E-state index contributed by atoms with van der Waals surface area (Å²) < 4.78 is 5.95. The second-order valence-corrected chi connectivity index (χ2v) is 4.60. The van der Waals surface area contributed by atoms with Crippen LogP contribution in [0.1, 0.15) is 18.5 Å². The van der Waals surface area contributed by atoms with Gasteiger partial charge in [0.15, 0.2) is 0 Å². The molecule has 1 aromatic rings. The molecule has 0 radical (unpaired) electrons. The molecule has 0 saturated carbocycles. The van der Waals surface area contributed by atoms with E-state index >= 15 is 0 Å². The third-order valence-corrected chi connectivity index (χ3v) is 3.19. The van der Waals surface area contributed by atoms with Crippen molar-refractivity contribution in [1.82, 2.24) is 9.79 Å². The standard InChI is InChI=1S/C12H19BN2O2/c1-10-12(6-3-7-14-10)17-11-5-4-8-15(9-11)13(2)16/h3,6-7,11,16H,4-5,8-9H2,1-2H3. The monoisotopic (exact) mass is 234 g/mol. The average molecular weight is 234 g/mol. The summed E-state index contributed by atoms with van der Waals surface area (Å²) in [6, 6.07) is 3.83. The van der Waals surface area contributed by atoms with Gasteiger partial charge in [-0.25, -0.2) is 0 Å². The number of pyridine rings is 1. The zero-order chi connectivity index (χ0) is 12.3. The van der Waals surface area contributed by atoms with E-state index in [9.17, 15) is 5.02 Å². The molecule has 1 unspecified atom stereocenters. The molecular weight excluding hydrogens is 215 g/mol. The van der Waals surface area contributed by atoms with Crippen LogP contribution in [0.15, 0.2) is 18.3 Å². The fourth-order valence-electron chi connectivity index (χ4n) is 2.18. The highest BCUT2D eigenvalue weighted by atomic mass is 16.5. The highest BCUT2D eigenvalue weighted by Gasteiger charge is 2.26. The molecular formula is C12H19BN2O2. The van der Waals surface area contributed by atoms with Crippen molar-refractivity contribution in [1.29, 1.82) is 0 Å². The highest BCUT2D eigenvalue weighted by Crippen LogP contribution is 2.20. The second kappa shape index (κ2) is 5.51. The van der Waals surface area contributed by atoms with Gasteiger partial charge in [0.1, 0.15) is 11.9 Å². The maximum Gasteiger partial charge on any atom is 0.376 e. The Morgan fingerprint density at radius 2 is 2.41 bits per heavy atom. The van der Waals surface area contributed by atoms with Crippen molar-refractivity contribution in [2.45, 2.75) is 32.7 Å². The predicted molar refractivity (Wildman–Crippen MR) is 68.0 cm³/mol. The highest BCUT2D eigenvalue weighted by molar-refractivity contribution is 6.45. The van der Waals surface area contributed by atoms with Gasteiger partial charge < -0.3 is 14.6 Å². The molecule has 2 rings (SSSR count). The molecule has 1 aliphatic rings. The van der Waals surface area contributed by atoms with Crippen LogP contribution in [0.5, 0.6) is 5.75 Å². The molecule has 1 fully saturated rings. The molecule has 1 aromatic heterocycles. The Kier molecular flexibility index (Phi) is 4.02. The van der Waals surface area contributed by atoms with Gasteiger partial charge in [0.05, 0.1) is 5.69 Å². The molecule has 0 aromatic carbocycles. The number of aryl methyl sites for hydroxylation is 1. The van der Waals surface area contributed by atoms with E-state index in [4.69, 9.17) is 4.74 Å². The van der Waals surface area contributed by atoms with E-state index in [1.165, 1.54) is 0 Å². The summed E-state index contributed by atoms with van der Waals surface area (Å²) in [6.07, 6.45) is 4.03. The molecule has 92 valence electrons. The summed E-state index contributed by atoms with van der Waals surface area (Å²) in [4.78, 5) is 6.25. The zero-order valence-corrected chi connectivity index (χ0v) is 10.5. The first-order valence-electron chi connectivity index (χ1n) is 6.17. The zero-order valence-electron chi connectivity index (χ0n) is 10.5. The number of piperidine rings is 1. The van der Waals surface area contributed by atoms with Crippen LogP contribution in [0.25, 0.3) is 0 Å². The number of ether oxygens (including phenoxy) is 1. The molecule has 17 heavy (non-hydrogen) atoms. The molecule has 1 atom stereocenters.